The maximum absolute atomic E-state index is 12.4. The van der Waals surface area contributed by atoms with Gasteiger partial charge in [0.25, 0.3) is 11.8 Å². The molecule has 9 nitrogen and oxygen atoms in total. The standard InChI is InChI=1S/C19H22N4O5/c1-5-19(4)17(25)23(18(26)20-19)21-16(24)13-6-8-14(9-7-13)27-10-15-11(2)22-28-12(15)3/h6-9H,5,10H2,1-4H3,(H,20,26)(H,21,24)/t19-/m1/s1. The van der Waals surface area contributed by atoms with Gasteiger partial charge in [-0.1, -0.05) is 12.1 Å². The lowest BCUT2D eigenvalue weighted by molar-refractivity contribution is -0.132. The number of ether oxygens (including phenoxy) is 1. The van der Waals surface area contributed by atoms with E-state index < -0.39 is 23.4 Å². The Hall–Kier alpha value is -3.36. The molecule has 148 valence electrons. The molecule has 1 aliphatic rings. The van der Waals surface area contributed by atoms with E-state index in [9.17, 15) is 14.4 Å². The monoisotopic (exact) mass is 386 g/mol. The number of nitrogens with zero attached hydrogens (tertiary/aromatic N) is 2. The van der Waals surface area contributed by atoms with Crippen LogP contribution in [0, 0.1) is 13.8 Å². The summed E-state index contributed by atoms with van der Waals surface area (Å²) in [6, 6.07) is 5.72. The first-order valence-electron chi connectivity index (χ1n) is 8.87. The van der Waals surface area contributed by atoms with Gasteiger partial charge < -0.3 is 14.6 Å². The van der Waals surface area contributed by atoms with Gasteiger partial charge in [-0.15, -0.1) is 0 Å². The zero-order valence-electron chi connectivity index (χ0n) is 16.2. The molecule has 1 fully saturated rings. The molecule has 1 aromatic heterocycles. The van der Waals surface area contributed by atoms with Gasteiger partial charge in [0.05, 0.1) is 11.3 Å². The van der Waals surface area contributed by atoms with Gasteiger partial charge in [0.2, 0.25) is 0 Å². The number of carbonyl (C=O) groups is 3. The van der Waals surface area contributed by atoms with Crippen molar-refractivity contribution in [2.75, 3.05) is 0 Å². The molecule has 28 heavy (non-hydrogen) atoms. The fourth-order valence-electron chi connectivity index (χ4n) is 2.76. The molecule has 3 rings (SSSR count). The lowest BCUT2D eigenvalue weighted by Gasteiger charge is -2.19. The first kappa shape index (κ1) is 19.4. The van der Waals surface area contributed by atoms with Gasteiger partial charge in [0.15, 0.2) is 0 Å². The Morgan fingerprint density at radius 2 is 1.96 bits per heavy atom. The number of rotatable bonds is 6. The summed E-state index contributed by atoms with van der Waals surface area (Å²) in [4.78, 5) is 36.7. The summed E-state index contributed by atoms with van der Waals surface area (Å²) >= 11 is 0. The first-order chi connectivity index (χ1) is 13.2. The van der Waals surface area contributed by atoms with E-state index in [1.165, 1.54) is 0 Å². The fourth-order valence-corrected chi connectivity index (χ4v) is 2.76. The molecule has 0 aliphatic carbocycles. The molecule has 2 heterocycles. The van der Waals surface area contributed by atoms with E-state index in [2.05, 4.69) is 15.9 Å². The molecule has 0 spiro atoms. The molecule has 4 amide bonds. The fraction of sp³-hybridized carbons (Fsp3) is 0.368. The van der Waals surface area contributed by atoms with Crippen LogP contribution in [-0.4, -0.2) is 33.5 Å². The maximum atomic E-state index is 12.4. The number of hydrogen-bond donors (Lipinski definition) is 2. The van der Waals surface area contributed by atoms with Crippen LogP contribution in [0.15, 0.2) is 28.8 Å². The number of imide groups is 1. The SMILES string of the molecule is CC[C@@]1(C)NC(=O)N(NC(=O)c2ccc(OCc3c(C)noc3C)cc2)C1=O. The van der Waals surface area contributed by atoms with Crippen molar-refractivity contribution in [2.24, 2.45) is 0 Å². The van der Waals surface area contributed by atoms with Crippen LogP contribution >= 0.6 is 0 Å². The highest BCUT2D eigenvalue weighted by Gasteiger charge is 2.47. The Kier molecular flexibility index (Phi) is 5.08. The second kappa shape index (κ2) is 7.34. The summed E-state index contributed by atoms with van der Waals surface area (Å²) in [6.07, 6.45) is 0.418. The summed E-state index contributed by atoms with van der Waals surface area (Å²) in [5.41, 5.74) is 3.26. The number of hydrazine groups is 1. The number of amides is 4. The molecule has 1 saturated heterocycles. The van der Waals surface area contributed by atoms with Gasteiger partial charge in [0.1, 0.15) is 23.7 Å². The van der Waals surface area contributed by atoms with Crippen molar-refractivity contribution in [3.63, 3.8) is 0 Å². The van der Waals surface area contributed by atoms with Crippen LogP contribution in [0.25, 0.3) is 0 Å². The van der Waals surface area contributed by atoms with Crippen LogP contribution in [0.4, 0.5) is 4.79 Å². The molecule has 0 bridgehead atoms. The summed E-state index contributed by atoms with van der Waals surface area (Å²) in [7, 11) is 0. The van der Waals surface area contributed by atoms with Gasteiger partial charge in [-0.05, 0) is 51.5 Å². The van der Waals surface area contributed by atoms with Crippen LogP contribution in [0.2, 0.25) is 0 Å². The summed E-state index contributed by atoms with van der Waals surface area (Å²) < 4.78 is 10.8. The lowest BCUT2D eigenvalue weighted by atomic mass is 10.00. The molecule has 2 aromatic rings. The zero-order valence-corrected chi connectivity index (χ0v) is 16.2. The maximum Gasteiger partial charge on any atom is 0.344 e. The van der Waals surface area contributed by atoms with E-state index in [4.69, 9.17) is 9.26 Å². The van der Waals surface area contributed by atoms with Crippen LogP contribution in [0.5, 0.6) is 5.75 Å². The predicted octanol–water partition coefficient (Wildman–Crippen LogP) is 2.24. The third-order valence-electron chi connectivity index (χ3n) is 4.86. The Morgan fingerprint density at radius 1 is 1.29 bits per heavy atom. The van der Waals surface area contributed by atoms with Gasteiger partial charge in [-0.25, -0.2) is 4.79 Å². The minimum Gasteiger partial charge on any atom is -0.489 e. The van der Waals surface area contributed by atoms with Crippen LogP contribution in [0.3, 0.4) is 0 Å². The van der Waals surface area contributed by atoms with Gasteiger partial charge in [0, 0.05) is 5.56 Å². The topological polar surface area (TPSA) is 114 Å². The van der Waals surface area contributed by atoms with E-state index >= 15 is 0 Å². The van der Waals surface area contributed by atoms with E-state index in [0.717, 1.165) is 11.3 Å². The third kappa shape index (κ3) is 3.55. The summed E-state index contributed by atoms with van der Waals surface area (Å²) in [5, 5.41) is 7.16. The number of hydrogen-bond acceptors (Lipinski definition) is 6. The predicted molar refractivity (Wildman–Crippen MR) is 98.3 cm³/mol. The minimum atomic E-state index is -1.01. The summed E-state index contributed by atoms with van der Waals surface area (Å²) in [5.74, 6) is 0.195. The molecule has 1 atom stereocenters. The molecule has 2 N–H and O–H groups in total. The second-order valence-electron chi connectivity index (χ2n) is 6.81. The number of aromatic nitrogens is 1. The number of benzene rings is 1. The van der Waals surface area contributed by atoms with Crippen molar-refractivity contribution in [3.05, 3.63) is 46.8 Å². The van der Waals surface area contributed by atoms with E-state index in [-0.39, 0.29) is 5.56 Å². The summed E-state index contributed by atoms with van der Waals surface area (Å²) in [6.45, 7) is 7.34. The molecule has 9 heteroatoms. The van der Waals surface area contributed by atoms with Gasteiger partial charge >= 0.3 is 6.03 Å². The molecule has 0 saturated carbocycles. The van der Waals surface area contributed by atoms with Gasteiger partial charge in [-0.3, -0.25) is 15.0 Å². The van der Waals surface area contributed by atoms with Crippen LogP contribution < -0.4 is 15.5 Å². The molecule has 1 aromatic carbocycles. The van der Waals surface area contributed by atoms with Gasteiger partial charge in [-0.2, -0.15) is 5.01 Å². The first-order valence-corrected chi connectivity index (χ1v) is 8.87. The molecule has 1 aliphatic heterocycles. The minimum absolute atomic E-state index is 0.287. The normalized spacial score (nSPS) is 18.9. The van der Waals surface area contributed by atoms with E-state index in [1.54, 1.807) is 38.1 Å². The molecule has 0 radical (unpaired) electrons. The van der Waals surface area contributed by atoms with E-state index in [1.807, 2.05) is 13.8 Å². The average molecular weight is 386 g/mol. The third-order valence-corrected chi connectivity index (χ3v) is 4.86. The van der Waals surface area contributed by atoms with Crippen molar-refractivity contribution < 1.29 is 23.6 Å². The Labute approximate surface area is 162 Å². The highest BCUT2D eigenvalue weighted by molar-refractivity contribution is 6.09. The Balaban J connectivity index is 1.63. The van der Waals surface area contributed by atoms with Crippen LogP contribution in [0.1, 0.15) is 47.6 Å². The average Bonchev–Trinajstić information content (AvgIpc) is 3.11. The Morgan fingerprint density at radius 3 is 2.50 bits per heavy atom. The molecule has 0 unspecified atom stereocenters. The van der Waals surface area contributed by atoms with Crippen molar-refractivity contribution >= 4 is 17.8 Å². The zero-order chi connectivity index (χ0) is 20.5. The van der Waals surface area contributed by atoms with Crippen molar-refractivity contribution in [1.82, 2.24) is 20.9 Å². The molecular formula is C19H22N4O5. The highest BCUT2D eigenvalue weighted by Crippen LogP contribution is 2.20. The van der Waals surface area contributed by atoms with E-state index in [0.29, 0.717) is 29.5 Å². The number of nitrogens with one attached hydrogen (secondary N) is 2. The number of aryl methyl sites for hydroxylation is 2. The number of carbonyl (C=O) groups excluding carboxylic acids is 3. The lowest BCUT2D eigenvalue weighted by Crippen LogP contribution is -2.48. The number of urea groups is 1. The largest absolute Gasteiger partial charge is 0.489 e. The molecular weight excluding hydrogens is 364 g/mol. The quantitative estimate of drug-likeness (QED) is 0.736. The Bertz CT molecular complexity index is 901. The smallest absolute Gasteiger partial charge is 0.344 e. The second-order valence-corrected chi connectivity index (χ2v) is 6.81. The van der Waals surface area contributed by atoms with Crippen molar-refractivity contribution in [2.45, 2.75) is 46.3 Å². The van der Waals surface area contributed by atoms with Crippen molar-refractivity contribution in [3.8, 4) is 5.75 Å². The van der Waals surface area contributed by atoms with Crippen molar-refractivity contribution in [1.29, 1.82) is 0 Å². The highest BCUT2D eigenvalue weighted by atomic mass is 16.5. The van der Waals surface area contributed by atoms with Crippen LogP contribution in [-0.2, 0) is 11.4 Å².